The Kier molecular flexibility index (Phi) is 5.16. The topological polar surface area (TPSA) is 32.6 Å². The fraction of sp³-hybridized carbons (Fsp3) is 0.154. The first kappa shape index (κ1) is 14.7. The minimum Gasteiger partial charge on any atom is -0.411 e. The molecule has 0 aliphatic heterocycles. The van der Waals surface area contributed by atoms with Crippen LogP contribution in [0.25, 0.3) is 0 Å². The molecular formula is C13H11Cl2NOS2. The van der Waals surface area contributed by atoms with Gasteiger partial charge in [-0.2, -0.15) is 0 Å². The summed E-state index contributed by atoms with van der Waals surface area (Å²) in [5.41, 5.74) is 2.42. The number of thioether (sulfide) groups is 1. The highest BCUT2D eigenvalue weighted by Gasteiger charge is 2.14. The number of oxime groups is 1. The van der Waals surface area contributed by atoms with Crippen LogP contribution >= 0.6 is 46.3 Å². The molecule has 0 bridgehead atoms. The maximum Gasteiger partial charge on any atom is 0.104 e. The first-order valence-electron chi connectivity index (χ1n) is 5.46. The molecule has 1 aromatic carbocycles. The average Bonchev–Trinajstić information content (AvgIpc) is 2.72. The largest absolute Gasteiger partial charge is 0.411 e. The Morgan fingerprint density at radius 3 is 2.68 bits per heavy atom. The van der Waals surface area contributed by atoms with Gasteiger partial charge in [0.2, 0.25) is 0 Å². The van der Waals surface area contributed by atoms with Crippen LogP contribution in [0, 0.1) is 6.92 Å². The van der Waals surface area contributed by atoms with E-state index in [2.05, 4.69) is 5.16 Å². The van der Waals surface area contributed by atoms with Crippen LogP contribution in [0.5, 0.6) is 0 Å². The summed E-state index contributed by atoms with van der Waals surface area (Å²) in [6.45, 7) is 2.05. The number of nitrogens with zero attached hydrogens (tertiary/aromatic N) is 1. The number of aryl methyl sites for hydroxylation is 1. The Morgan fingerprint density at radius 1 is 1.37 bits per heavy atom. The minimum atomic E-state index is 0.529. The van der Waals surface area contributed by atoms with Crippen LogP contribution in [-0.2, 0) is 0 Å². The van der Waals surface area contributed by atoms with Gasteiger partial charge in [0, 0.05) is 16.2 Å². The summed E-state index contributed by atoms with van der Waals surface area (Å²) in [6, 6.07) is 9.79. The molecule has 0 saturated heterocycles. The van der Waals surface area contributed by atoms with Crippen molar-refractivity contribution in [1.82, 2.24) is 0 Å². The molecule has 0 aliphatic rings. The first-order chi connectivity index (χ1) is 9.11. The van der Waals surface area contributed by atoms with E-state index in [0.717, 1.165) is 4.90 Å². The Hall–Kier alpha value is -0.680. The van der Waals surface area contributed by atoms with Crippen molar-refractivity contribution in [2.45, 2.75) is 11.8 Å². The number of rotatable bonds is 4. The van der Waals surface area contributed by atoms with Crippen molar-refractivity contribution in [3.8, 4) is 0 Å². The zero-order valence-corrected chi connectivity index (χ0v) is 13.2. The molecule has 0 saturated carbocycles. The molecule has 1 N–H and O–H groups in total. The molecular weight excluding hydrogens is 321 g/mol. The average molecular weight is 332 g/mol. The minimum absolute atomic E-state index is 0.529. The molecule has 0 fully saturated rings. The van der Waals surface area contributed by atoms with Gasteiger partial charge in [-0.3, -0.25) is 0 Å². The first-order valence-corrected chi connectivity index (χ1v) is 8.02. The molecule has 100 valence electrons. The van der Waals surface area contributed by atoms with E-state index in [9.17, 15) is 0 Å². The van der Waals surface area contributed by atoms with Gasteiger partial charge in [0.25, 0.3) is 0 Å². The van der Waals surface area contributed by atoms with Gasteiger partial charge in [-0.05, 0) is 24.6 Å². The van der Waals surface area contributed by atoms with E-state index in [1.807, 2.05) is 31.2 Å². The lowest BCUT2D eigenvalue weighted by Crippen LogP contribution is -2.03. The molecule has 0 aliphatic carbocycles. The molecule has 2 rings (SSSR count). The van der Waals surface area contributed by atoms with Gasteiger partial charge in [-0.1, -0.05) is 46.6 Å². The summed E-state index contributed by atoms with van der Waals surface area (Å²) < 4.78 is 1.13. The summed E-state index contributed by atoms with van der Waals surface area (Å²) >= 11 is 14.8. The zero-order chi connectivity index (χ0) is 13.8. The van der Waals surface area contributed by atoms with Crippen LogP contribution in [0.3, 0.4) is 0 Å². The standard InChI is InChI=1S/C13H11Cl2NOS2/c1-8-4-2-3-5-11(8)18-7-10(16-17)9-6-12(14)19-13(9)15/h2-6,17H,7H2,1H3/b16-10-. The van der Waals surface area contributed by atoms with Crippen LogP contribution in [0.15, 0.2) is 40.4 Å². The normalized spacial score (nSPS) is 11.8. The van der Waals surface area contributed by atoms with Gasteiger partial charge in [0.1, 0.15) is 4.34 Å². The van der Waals surface area contributed by atoms with Gasteiger partial charge >= 0.3 is 0 Å². The highest BCUT2D eigenvalue weighted by atomic mass is 35.5. The molecule has 0 spiro atoms. The summed E-state index contributed by atoms with van der Waals surface area (Å²) in [5, 5.41) is 12.5. The zero-order valence-electron chi connectivity index (χ0n) is 10.1. The van der Waals surface area contributed by atoms with Crippen molar-refractivity contribution < 1.29 is 5.21 Å². The van der Waals surface area contributed by atoms with Crippen molar-refractivity contribution in [3.63, 3.8) is 0 Å². The second-order valence-electron chi connectivity index (χ2n) is 3.84. The van der Waals surface area contributed by atoms with Gasteiger partial charge in [-0.25, -0.2) is 0 Å². The highest BCUT2D eigenvalue weighted by molar-refractivity contribution is 8.00. The molecule has 19 heavy (non-hydrogen) atoms. The van der Waals surface area contributed by atoms with E-state index >= 15 is 0 Å². The summed E-state index contributed by atoms with van der Waals surface area (Å²) in [7, 11) is 0. The van der Waals surface area contributed by atoms with Crippen molar-refractivity contribution in [1.29, 1.82) is 0 Å². The molecule has 2 aromatic rings. The summed E-state index contributed by atoms with van der Waals surface area (Å²) in [6.07, 6.45) is 0. The Labute approximate surface area is 130 Å². The number of hydrogen-bond donors (Lipinski definition) is 1. The monoisotopic (exact) mass is 331 g/mol. The molecule has 6 heteroatoms. The lowest BCUT2D eigenvalue weighted by atomic mass is 10.2. The lowest BCUT2D eigenvalue weighted by Gasteiger charge is -2.06. The smallest absolute Gasteiger partial charge is 0.104 e. The maximum atomic E-state index is 9.14. The summed E-state index contributed by atoms with van der Waals surface area (Å²) in [4.78, 5) is 1.15. The van der Waals surface area contributed by atoms with Crippen LogP contribution in [0.4, 0.5) is 0 Å². The van der Waals surface area contributed by atoms with Crippen LogP contribution in [0.1, 0.15) is 11.1 Å². The SMILES string of the molecule is Cc1ccccc1SC/C(=N/O)c1cc(Cl)sc1Cl. The number of hydrogen-bond acceptors (Lipinski definition) is 4. The molecule has 1 aromatic heterocycles. The van der Waals surface area contributed by atoms with E-state index in [0.29, 0.717) is 25.7 Å². The van der Waals surface area contributed by atoms with Gasteiger partial charge in [-0.15, -0.1) is 23.1 Å². The van der Waals surface area contributed by atoms with Gasteiger partial charge < -0.3 is 5.21 Å². The predicted molar refractivity (Wildman–Crippen MR) is 84.6 cm³/mol. The molecule has 0 unspecified atom stereocenters. The molecule has 0 atom stereocenters. The van der Waals surface area contributed by atoms with Crippen molar-refractivity contribution in [2.24, 2.45) is 5.16 Å². The van der Waals surface area contributed by atoms with Gasteiger partial charge in [0.05, 0.1) is 10.0 Å². The Bertz CT molecular complexity index is 610. The fourth-order valence-electron chi connectivity index (χ4n) is 1.56. The Balaban J connectivity index is 2.14. The van der Waals surface area contributed by atoms with Crippen LogP contribution in [-0.4, -0.2) is 16.7 Å². The van der Waals surface area contributed by atoms with E-state index in [-0.39, 0.29) is 0 Å². The predicted octanol–water partition coefficient (Wildman–Crippen LogP) is 5.33. The summed E-state index contributed by atoms with van der Waals surface area (Å²) in [5.74, 6) is 0.536. The van der Waals surface area contributed by atoms with Crippen molar-refractivity contribution >= 4 is 52.0 Å². The van der Waals surface area contributed by atoms with E-state index in [4.69, 9.17) is 28.4 Å². The third-order valence-corrected chi connectivity index (χ3v) is 5.22. The van der Waals surface area contributed by atoms with Crippen LogP contribution in [0.2, 0.25) is 8.67 Å². The lowest BCUT2D eigenvalue weighted by molar-refractivity contribution is 0.319. The van der Waals surface area contributed by atoms with Crippen LogP contribution < -0.4 is 0 Å². The number of benzene rings is 1. The molecule has 0 radical (unpaired) electrons. The van der Waals surface area contributed by atoms with E-state index in [1.54, 1.807) is 17.8 Å². The number of thiophene rings is 1. The quantitative estimate of drug-likeness (QED) is 0.355. The third-order valence-electron chi connectivity index (χ3n) is 2.55. The molecule has 1 heterocycles. The maximum absolute atomic E-state index is 9.14. The second kappa shape index (κ2) is 6.66. The van der Waals surface area contributed by atoms with Gasteiger partial charge in [0.15, 0.2) is 0 Å². The fourth-order valence-corrected chi connectivity index (χ4v) is 4.04. The highest BCUT2D eigenvalue weighted by Crippen LogP contribution is 2.33. The number of halogens is 2. The van der Waals surface area contributed by atoms with E-state index in [1.165, 1.54) is 16.9 Å². The third kappa shape index (κ3) is 3.66. The molecule has 0 amide bonds. The van der Waals surface area contributed by atoms with Crippen molar-refractivity contribution in [3.05, 3.63) is 50.1 Å². The second-order valence-corrected chi connectivity index (χ2v) is 7.14. The Morgan fingerprint density at radius 2 is 2.11 bits per heavy atom. The van der Waals surface area contributed by atoms with E-state index < -0.39 is 0 Å². The van der Waals surface area contributed by atoms with Crippen molar-refractivity contribution in [2.75, 3.05) is 5.75 Å². The molecule has 2 nitrogen and oxygen atoms in total.